The van der Waals surface area contributed by atoms with Crippen LogP contribution in [0.25, 0.3) is 0 Å². The van der Waals surface area contributed by atoms with E-state index in [0.717, 1.165) is 38.3 Å². The van der Waals surface area contributed by atoms with Gasteiger partial charge in [-0.05, 0) is 12.8 Å². The van der Waals surface area contributed by atoms with Crippen LogP contribution in [0.3, 0.4) is 0 Å². The molecule has 0 saturated carbocycles. The molecule has 1 rings (SSSR count). The van der Waals surface area contributed by atoms with Crippen LogP contribution >= 0.6 is 0 Å². The minimum atomic E-state index is 0.0583. The fourth-order valence-corrected chi connectivity index (χ4v) is 3.05. The van der Waals surface area contributed by atoms with Crippen LogP contribution in [-0.4, -0.2) is 37.1 Å². The van der Waals surface area contributed by atoms with E-state index in [9.17, 15) is 9.59 Å². The fraction of sp³-hybridized carbons (Fsp3) is 0.867. The quantitative estimate of drug-likeness (QED) is 0.736. The molecule has 0 aromatic heterocycles. The maximum Gasteiger partial charge on any atom is 0.234 e. The van der Waals surface area contributed by atoms with Crippen LogP contribution in [0.2, 0.25) is 12.6 Å². The Kier molecular flexibility index (Phi) is 8.72. The third-order valence-corrected chi connectivity index (χ3v) is 4.38. The Morgan fingerprint density at radius 2 is 1.25 bits per heavy atom. The average molecular weight is 277 g/mol. The zero-order valence-corrected chi connectivity index (χ0v) is 13.3. The van der Waals surface area contributed by atoms with Crippen molar-refractivity contribution in [2.45, 2.75) is 83.9 Å². The van der Waals surface area contributed by atoms with Gasteiger partial charge in [-0.2, -0.15) is 0 Å². The molecule has 1 saturated heterocycles. The number of carbonyl (C=O) groups is 2. The summed E-state index contributed by atoms with van der Waals surface area (Å²) >= 11 is 0. The summed E-state index contributed by atoms with van der Waals surface area (Å²) in [7, 11) is 1.09. The zero-order chi connectivity index (χ0) is 14.8. The third kappa shape index (κ3) is 5.72. The Bertz CT molecular complexity index is 282. The van der Waals surface area contributed by atoms with Crippen LogP contribution in [-0.2, 0) is 0 Å². The Labute approximate surface area is 125 Å². The van der Waals surface area contributed by atoms with Crippen LogP contribution in [0.4, 0.5) is 9.59 Å². The molecular formula is C15H29B2NO2. The van der Waals surface area contributed by atoms with Gasteiger partial charge in [0.25, 0.3) is 0 Å². The predicted octanol–water partition coefficient (Wildman–Crippen LogP) is 3.78. The molecule has 5 heteroatoms. The summed E-state index contributed by atoms with van der Waals surface area (Å²) in [6.07, 6.45) is 10.9. The first-order valence-corrected chi connectivity index (χ1v) is 8.55. The Hall–Kier alpha value is -0.730. The molecule has 2 amide bonds. The first-order chi connectivity index (χ1) is 9.70. The standard InChI is InChI=1S/C15H29B2NO2/c1-3-13(4-2)18-14(19)16-11-9-7-5-6-8-10-12-17-15(18)20/h13,16-17H,3-12H2,1-2H3. The molecular weight excluding hydrogens is 248 g/mol. The lowest BCUT2D eigenvalue weighted by Crippen LogP contribution is -2.47. The van der Waals surface area contributed by atoms with E-state index in [1.165, 1.54) is 25.7 Å². The zero-order valence-electron chi connectivity index (χ0n) is 13.3. The van der Waals surface area contributed by atoms with Crippen LogP contribution in [0.5, 0.6) is 0 Å². The molecule has 0 aliphatic carbocycles. The normalized spacial score (nSPS) is 19.6. The fourth-order valence-electron chi connectivity index (χ4n) is 3.05. The van der Waals surface area contributed by atoms with Crippen LogP contribution < -0.4 is 0 Å². The lowest BCUT2D eigenvalue weighted by molar-refractivity contribution is 0.194. The second-order valence-electron chi connectivity index (χ2n) is 5.96. The number of hydrogen-bond acceptors (Lipinski definition) is 2. The highest BCUT2D eigenvalue weighted by Gasteiger charge is 2.27. The van der Waals surface area contributed by atoms with Gasteiger partial charge < -0.3 is 0 Å². The largest absolute Gasteiger partial charge is 0.298 e. The van der Waals surface area contributed by atoms with Crippen LogP contribution in [0.1, 0.15) is 65.2 Å². The van der Waals surface area contributed by atoms with Crippen LogP contribution in [0.15, 0.2) is 0 Å². The summed E-state index contributed by atoms with van der Waals surface area (Å²) in [6, 6.07) is 0.0973. The maximum absolute atomic E-state index is 12.4. The molecule has 0 aromatic rings. The van der Waals surface area contributed by atoms with E-state index in [-0.39, 0.29) is 17.7 Å². The van der Waals surface area contributed by atoms with E-state index in [2.05, 4.69) is 13.8 Å². The van der Waals surface area contributed by atoms with Gasteiger partial charge in [0.15, 0.2) is 11.6 Å². The van der Waals surface area contributed by atoms with E-state index in [1.54, 1.807) is 4.90 Å². The minimum absolute atomic E-state index is 0.0583. The van der Waals surface area contributed by atoms with Crippen molar-refractivity contribution in [2.75, 3.05) is 0 Å². The van der Waals surface area contributed by atoms with E-state index < -0.39 is 0 Å². The Morgan fingerprint density at radius 3 is 1.65 bits per heavy atom. The van der Waals surface area contributed by atoms with E-state index >= 15 is 0 Å². The molecule has 1 aliphatic rings. The van der Waals surface area contributed by atoms with Crippen molar-refractivity contribution in [3.8, 4) is 0 Å². The molecule has 20 heavy (non-hydrogen) atoms. The topological polar surface area (TPSA) is 37.4 Å². The summed E-state index contributed by atoms with van der Waals surface area (Å²) in [5.41, 5.74) is 0. The van der Waals surface area contributed by atoms with Crippen molar-refractivity contribution < 1.29 is 9.59 Å². The molecule has 0 N–H and O–H groups in total. The van der Waals surface area contributed by atoms with Crippen LogP contribution in [0, 0.1) is 0 Å². The second-order valence-corrected chi connectivity index (χ2v) is 5.96. The van der Waals surface area contributed by atoms with Crippen molar-refractivity contribution in [3.63, 3.8) is 0 Å². The lowest BCUT2D eigenvalue weighted by atomic mass is 9.67. The van der Waals surface area contributed by atoms with Gasteiger partial charge in [0.05, 0.1) is 0 Å². The lowest BCUT2D eigenvalue weighted by Gasteiger charge is -2.29. The first-order valence-electron chi connectivity index (χ1n) is 8.55. The van der Waals surface area contributed by atoms with Crippen molar-refractivity contribution in [1.82, 2.24) is 4.90 Å². The average Bonchev–Trinajstić information content (AvgIpc) is 2.46. The second kappa shape index (κ2) is 10.1. The molecule has 0 atom stereocenters. The van der Waals surface area contributed by atoms with Gasteiger partial charge in [-0.3, -0.25) is 14.5 Å². The van der Waals surface area contributed by atoms with Gasteiger partial charge in [0.2, 0.25) is 14.6 Å². The molecule has 0 bridgehead atoms. The number of rotatable bonds is 3. The van der Waals surface area contributed by atoms with E-state index in [0.29, 0.717) is 14.6 Å². The van der Waals surface area contributed by atoms with Gasteiger partial charge in [0, 0.05) is 6.04 Å². The van der Waals surface area contributed by atoms with E-state index in [1.807, 2.05) is 0 Å². The Morgan fingerprint density at radius 1 is 0.850 bits per heavy atom. The number of amides is 2. The molecule has 1 aliphatic heterocycles. The molecule has 1 fully saturated rings. The van der Waals surface area contributed by atoms with Gasteiger partial charge in [-0.25, -0.2) is 0 Å². The molecule has 0 radical (unpaired) electrons. The molecule has 112 valence electrons. The highest BCUT2D eigenvalue weighted by molar-refractivity contribution is 6.80. The SMILES string of the molecule is CCC(CC)N1C(=O)BCCCCCCCCBC1=O. The maximum atomic E-state index is 12.4. The van der Waals surface area contributed by atoms with Crippen molar-refractivity contribution in [1.29, 1.82) is 0 Å². The highest BCUT2D eigenvalue weighted by Crippen LogP contribution is 2.15. The minimum Gasteiger partial charge on any atom is -0.298 e. The molecule has 0 spiro atoms. The van der Waals surface area contributed by atoms with Crippen molar-refractivity contribution in [2.24, 2.45) is 0 Å². The molecule has 0 aromatic carbocycles. The monoisotopic (exact) mass is 277 g/mol. The highest BCUT2D eigenvalue weighted by atomic mass is 16.2. The first kappa shape index (κ1) is 17.3. The van der Waals surface area contributed by atoms with Crippen molar-refractivity contribution >= 4 is 26.2 Å². The number of imide groups is 1. The van der Waals surface area contributed by atoms with Gasteiger partial charge >= 0.3 is 0 Å². The number of nitrogens with zero attached hydrogens (tertiary/aromatic N) is 1. The smallest absolute Gasteiger partial charge is 0.234 e. The molecule has 3 nitrogen and oxygen atoms in total. The summed E-state index contributed by atoms with van der Waals surface area (Å²) in [4.78, 5) is 26.4. The Balaban J connectivity index is 2.71. The summed E-state index contributed by atoms with van der Waals surface area (Å²) in [5, 5.41) is 0. The van der Waals surface area contributed by atoms with Crippen molar-refractivity contribution in [3.05, 3.63) is 0 Å². The summed E-state index contributed by atoms with van der Waals surface area (Å²) < 4.78 is 0. The third-order valence-electron chi connectivity index (χ3n) is 4.38. The number of hydrogen-bond donors (Lipinski definition) is 0. The number of carbonyl (C=O) groups excluding carboxylic acids is 2. The van der Waals surface area contributed by atoms with Gasteiger partial charge in [-0.1, -0.05) is 65.0 Å². The van der Waals surface area contributed by atoms with Gasteiger partial charge in [0.1, 0.15) is 0 Å². The van der Waals surface area contributed by atoms with E-state index in [4.69, 9.17) is 0 Å². The van der Waals surface area contributed by atoms with Gasteiger partial charge in [-0.15, -0.1) is 0 Å². The molecule has 0 unspecified atom stereocenters. The summed E-state index contributed by atoms with van der Waals surface area (Å²) in [5.74, 6) is 0.117. The molecule has 1 heterocycles. The summed E-state index contributed by atoms with van der Waals surface area (Å²) in [6.45, 7) is 4.13. The predicted molar refractivity (Wildman–Crippen MR) is 88.6 cm³/mol.